The van der Waals surface area contributed by atoms with E-state index in [1.54, 1.807) is 32.2 Å². The molecule has 0 spiro atoms. The fraction of sp³-hybridized carbons (Fsp3) is 0.590. The molecule has 5 atom stereocenters. The number of methoxy groups -OCH3 is 1. The summed E-state index contributed by atoms with van der Waals surface area (Å²) in [4.78, 5) is 34.0. The van der Waals surface area contributed by atoms with Crippen LogP contribution in [0.25, 0.3) is 0 Å². The molecule has 4 aliphatic rings. The van der Waals surface area contributed by atoms with Gasteiger partial charge in [0.05, 0.1) is 23.0 Å². The van der Waals surface area contributed by atoms with E-state index >= 15 is 0 Å². The van der Waals surface area contributed by atoms with Crippen LogP contribution in [-0.4, -0.2) is 94.3 Å². The average molecular weight is 741 g/mol. The maximum Gasteiger partial charge on any atom is 0.264 e. The first-order valence-corrected chi connectivity index (χ1v) is 20.4. The van der Waals surface area contributed by atoms with Gasteiger partial charge >= 0.3 is 0 Å². The van der Waals surface area contributed by atoms with Crippen molar-refractivity contribution in [2.75, 3.05) is 58.3 Å². The van der Waals surface area contributed by atoms with Crippen molar-refractivity contribution >= 4 is 39.1 Å². The molecule has 2 fully saturated rings. The zero-order valence-corrected chi connectivity index (χ0v) is 32.0. The van der Waals surface area contributed by atoms with Gasteiger partial charge < -0.3 is 24.2 Å². The minimum Gasteiger partial charge on any atom is -0.487 e. The maximum atomic E-state index is 13.9. The predicted molar refractivity (Wildman–Crippen MR) is 201 cm³/mol. The first kappa shape index (κ1) is 37.6. The second kappa shape index (κ2) is 15.9. The van der Waals surface area contributed by atoms with Gasteiger partial charge in [0.25, 0.3) is 5.91 Å². The summed E-state index contributed by atoms with van der Waals surface area (Å²) in [6.07, 6.45) is 9.30. The van der Waals surface area contributed by atoms with Gasteiger partial charge in [-0.2, -0.15) is 0 Å². The van der Waals surface area contributed by atoms with Gasteiger partial charge in [-0.3, -0.25) is 9.59 Å². The third-order valence-electron chi connectivity index (χ3n) is 11.8. The van der Waals surface area contributed by atoms with Gasteiger partial charge in [-0.1, -0.05) is 36.7 Å². The summed E-state index contributed by atoms with van der Waals surface area (Å²) < 4.78 is 42.3. The molecule has 1 aliphatic carbocycles. The Morgan fingerprint density at radius 1 is 1.04 bits per heavy atom. The molecule has 3 aliphatic heterocycles. The summed E-state index contributed by atoms with van der Waals surface area (Å²) in [5, 5.41) is -0.144. The van der Waals surface area contributed by atoms with Gasteiger partial charge in [-0.05, 0) is 112 Å². The van der Waals surface area contributed by atoms with E-state index in [2.05, 4.69) is 21.6 Å². The Morgan fingerprint density at radius 3 is 2.55 bits per heavy atom. The number of sulfonamides is 1. The summed E-state index contributed by atoms with van der Waals surface area (Å²) in [6, 6.07) is 11.1. The Hall–Kier alpha value is -3.12. The van der Waals surface area contributed by atoms with Crippen LogP contribution in [0, 0.1) is 17.8 Å². The van der Waals surface area contributed by atoms with Crippen molar-refractivity contribution < 1.29 is 27.5 Å². The van der Waals surface area contributed by atoms with Gasteiger partial charge in [0, 0.05) is 57.0 Å². The topological polar surface area (TPSA) is 108 Å². The molecule has 2 bridgehead atoms. The molecule has 3 heterocycles. The largest absolute Gasteiger partial charge is 0.487 e. The second-order valence-corrected chi connectivity index (χ2v) is 17.5. The van der Waals surface area contributed by atoms with Crippen molar-refractivity contribution in [1.82, 2.24) is 14.5 Å². The molecule has 12 heteroatoms. The van der Waals surface area contributed by atoms with Crippen molar-refractivity contribution in [1.29, 1.82) is 0 Å². The molecule has 1 saturated heterocycles. The van der Waals surface area contributed by atoms with E-state index < -0.39 is 26.8 Å². The number of nitrogens with one attached hydrogen (secondary N) is 1. The highest BCUT2D eigenvalue weighted by molar-refractivity contribution is 7.90. The number of rotatable bonds is 3. The number of likely N-dealkylation sites (N-methyl/N-ethyl adjacent to an activating group) is 1. The van der Waals surface area contributed by atoms with E-state index in [0.717, 1.165) is 62.0 Å². The van der Waals surface area contributed by atoms with E-state index in [9.17, 15) is 18.0 Å². The number of carbonyl (C=O) groups is 2. The number of carbonyl (C=O) groups excluding carboxylic acids is 2. The van der Waals surface area contributed by atoms with Gasteiger partial charge in [0.15, 0.2) is 0 Å². The molecule has 1 saturated carbocycles. The molecule has 2 amide bonds. The number of fused-ring (bicyclic) bond motifs is 3. The van der Waals surface area contributed by atoms with Gasteiger partial charge in [-0.25, -0.2) is 13.1 Å². The van der Waals surface area contributed by atoms with E-state index in [4.69, 9.17) is 21.1 Å². The number of benzene rings is 2. The van der Waals surface area contributed by atoms with Crippen molar-refractivity contribution in [3.05, 3.63) is 70.3 Å². The van der Waals surface area contributed by atoms with Crippen LogP contribution in [0.5, 0.6) is 5.75 Å². The standard InChI is InChI=1S/C39H53ClN4O6S/c1-27-8-7-16-39(49-4,24-37(45)43-20-18-42(3)19-21-43)34-14-11-31(34)25-44-17-6-5-9-29-22-33(40)13-10-32(29)26-50-36-15-12-30(23-35(36)44)38(46)41-51(47,48)28(27)2/h7,10,12-13,15-16,22-23,27-28,31,34H,5-6,8-9,11,14,17-21,24-26H2,1-4H3,(H,41,46)/b16-7+/t27-,28+,31-,34+,39+/m0/s1. The number of halogens is 1. The Labute approximate surface area is 308 Å². The Morgan fingerprint density at radius 2 is 1.82 bits per heavy atom. The average Bonchev–Trinajstić information content (AvgIpc) is 3.12. The molecular weight excluding hydrogens is 688 g/mol. The van der Waals surface area contributed by atoms with Crippen LogP contribution in [0.4, 0.5) is 5.69 Å². The first-order chi connectivity index (χ1) is 24.4. The SMILES string of the molecule is CO[C@@]1(CC(=O)N2CCN(C)CC2)/C=C/C[C@H](C)[C@@H](C)S(=O)(=O)NC(=O)c2ccc3c(c2)N(CCCCc2cc(Cl)ccc2CO3)C[C@@H]2CC[C@H]21. The van der Waals surface area contributed by atoms with Crippen LogP contribution in [0.2, 0.25) is 5.02 Å². The van der Waals surface area contributed by atoms with E-state index in [1.807, 2.05) is 42.2 Å². The first-order valence-electron chi connectivity index (χ1n) is 18.4. The van der Waals surface area contributed by atoms with Crippen molar-refractivity contribution in [2.24, 2.45) is 17.8 Å². The maximum absolute atomic E-state index is 13.9. The second-order valence-electron chi connectivity index (χ2n) is 15.0. The van der Waals surface area contributed by atoms with Crippen LogP contribution >= 0.6 is 11.6 Å². The van der Waals surface area contributed by atoms with E-state index in [1.165, 1.54) is 0 Å². The lowest BCUT2D eigenvalue weighted by atomic mass is 9.63. The molecule has 1 N–H and O–H groups in total. The lowest BCUT2D eigenvalue weighted by Gasteiger charge is -2.50. The number of anilines is 1. The number of hydrogen-bond acceptors (Lipinski definition) is 8. The number of allylic oxidation sites excluding steroid dienone is 1. The number of aryl methyl sites for hydroxylation is 1. The highest BCUT2D eigenvalue weighted by Crippen LogP contribution is 2.48. The smallest absolute Gasteiger partial charge is 0.264 e. The van der Waals surface area contributed by atoms with Gasteiger partial charge in [0.2, 0.25) is 15.9 Å². The van der Waals surface area contributed by atoms with Crippen LogP contribution in [0.1, 0.15) is 73.9 Å². The minimum atomic E-state index is -4.00. The van der Waals surface area contributed by atoms with Crippen LogP contribution in [0.3, 0.4) is 0 Å². The van der Waals surface area contributed by atoms with Crippen LogP contribution in [-0.2, 0) is 32.6 Å². The van der Waals surface area contributed by atoms with Crippen LogP contribution < -0.4 is 14.4 Å². The lowest BCUT2D eigenvalue weighted by Crippen LogP contribution is -2.54. The monoisotopic (exact) mass is 740 g/mol. The van der Waals surface area contributed by atoms with E-state index in [-0.39, 0.29) is 35.6 Å². The predicted octanol–water partition coefficient (Wildman–Crippen LogP) is 5.68. The van der Waals surface area contributed by atoms with Gasteiger partial charge in [0.1, 0.15) is 12.4 Å². The normalized spacial score (nSPS) is 29.6. The van der Waals surface area contributed by atoms with Crippen molar-refractivity contribution in [2.45, 2.75) is 76.3 Å². The minimum absolute atomic E-state index is 0.0694. The molecule has 6 rings (SSSR count). The fourth-order valence-corrected chi connectivity index (χ4v) is 9.54. The third-order valence-corrected chi connectivity index (χ3v) is 14.0. The molecule has 2 aromatic carbocycles. The molecule has 51 heavy (non-hydrogen) atoms. The summed E-state index contributed by atoms with van der Waals surface area (Å²) in [5.74, 6) is 0.0367. The number of ether oxygens (including phenoxy) is 2. The highest BCUT2D eigenvalue weighted by atomic mass is 35.5. The molecule has 2 aromatic rings. The highest BCUT2D eigenvalue weighted by Gasteiger charge is 2.49. The number of hydrogen-bond donors (Lipinski definition) is 1. The van der Waals surface area contributed by atoms with Crippen LogP contribution in [0.15, 0.2) is 48.6 Å². The Bertz CT molecular complexity index is 1730. The molecule has 278 valence electrons. The zero-order chi connectivity index (χ0) is 36.3. The summed E-state index contributed by atoms with van der Waals surface area (Å²) in [6.45, 7) is 8.29. The Balaban J connectivity index is 1.39. The molecule has 0 aromatic heterocycles. The quantitative estimate of drug-likeness (QED) is 0.401. The molecule has 10 nitrogen and oxygen atoms in total. The molecular formula is C39H53ClN4O6S. The molecule has 0 unspecified atom stereocenters. The number of amides is 2. The number of piperazine rings is 1. The lowest BCUT2D eigenvalue weighted by molar-refractivity contribution is -0.144. The van der Waals surface area contributed by atoms with Gasteiger partial charge in [-0.15, -0.1) is 0 Å². The summed E-state index contributed by atoms with van der Waals surface area (Å²) in [5.41, 5.74) is 2.39. The van der Waals surface area contributed by atoms with Crippen molar-refractivity contribution in [3.63, 3.8) is 0 Å². The fourth-order valence-electron chi connectivity index (χ4n) is 8.06. The van der Waals surface area contributed by atoms with Crippen molar-refractivity contribution in [3.8, 4) is 5.75 Å². The summed E-state index contributed by atoms with van der Waals surface area (Å²) in [7, 11) is -0.223. The third kappa shape index (κ3) is 8.42. The molecule has 0 radical (unpaired) electrons. The zero-order valence-electron chi connectivity index (χ0n) is 30.4. The number of nitrogens with zero attached hydrogens (tertiary/aromatic N) is 3. The van der Waals surface area contributed by atoms with E-state index in [0.29, 0.717) is 50.0 Å². The Kier molecular flexibility index (Phi) is 11.7. The summed E-state index contributed by atoms with van der Waals surface area (Å²) >= 11 is 6.38.